The Bertz CT molecular complexity index is 1120. The molecule has 0 amide bonds. The van der Waals surface area contributed by atoms with Crippen molar-refractivity contribution in [3.05, 3.63) is 53.1 Å². The van der Waals surface area contributed by atoms with Gasteiger partial charge in [-0.2, -0.15) is 10.1 Å². The molecule has 13 nitrogen and oxygen atoms in total. The molecule has 1 aliphatic heterocycles. The van der Waals surface area contributed by atoms with Crippen LogP contribution in [0.3, 0.4) is 0 Å². The topological polar surface area (TPSA) is 195 Å². The van der Waals surface area contributed by atoms with Gasteiger partial charge in [-0.3, -0.25) is 13.9 Å². The maximum absolute atomic E-state index is 13.6. The van der Waals surface area contributed by atoms with E-state index < -0.39 is 56.6 Å². The highest BCUT2D eigenvalue weighted by molar-refractivity contribution is 7.52. The Morgan fingerprint density at radius 3 is 2.50 bits per heavy atom. The molecule has 2 heterocycles. The first kappa shape index (κ1) is 29.7. The number of benzene rings is 1. The number of carbonyl (C=O) groups is 1. The second kappa shape index (κ2) is 12.6. The molecular weight excluding hydrogens is 519 g/mol. The number of nitrogens with two attached hydrogens (primary N) is 1. The van der Waals surface area contributed by atoms with Crippen molar-refractivity contribution in [2.45, 2.75) is 50.8 Å². The summed E-state index contributed by atoms with van der Waals surface area (Å²) in [6.45, 7) is 3.05. The van der Waals surface area contributed by atoms with E-state index in [0.717, 1.165) is 4.57 Å². The van der Waals surface area contributed by atoms with Crippen LogP contribution in [0, 0.1) is 5.92 Å². The number of aliphatic hydroxyl groups excluding tert-OH is 2. The van der Waals surface area contributed by atoms with Crippen LogP contribution in [-0.2, 0) is 18.6 Å². The third-order valence-electron chi connectivity index (χ3n) is 5.16. The number of para-hydroxylation sites is 1. The molecule has 1 aromatic carbocycles. The zero-order valence-electron chi connectivity index (χ0n) is 19.5. The van der Waals surface area contributed by atoms with Gasteiger partial charge in [0, 0.05) is 6.20 Å². The zero-order chi connectivity index (χ0) is 25.8. The van der Waals surface area contributed by atoms with Crippen LogP contribution in [0.1, 0.15) is 26.5 Å². The van der Waals surface area contributed by atoms with Gasteiger partial charge in [-0.1, -0.05) is 32.0 Å². The monoisotopic (exact) mass is 548 g/mol. The minimum absolute atomic E-state index is 0. The van der Waals surface area contributed by atoms with Crippen molar-refractivity contribution >= 4 is 31.9 Å². The average Bonchev–Trinajstić information content (AvgIpc) is 3.06. The number of hydrogen-bond donors (Lipinski definition) is 5. The molecule has 1 aliphatic rings. The van der Waals surface area contributed by atoms with Gasteiger partial charge in [0.2, 0.25) is 0 Å². The fourth-order valence-corrected chi connectivity index (χ4v) is 4.99. The molecule has 1 unspecified atom stereocenters. The lowest BCUT2D eigenvalue weighted by molar-refractivity contribution is -0.139. The number of aliphatic carboxylic acids is 1. The summed E-state index contributed by atoms with van der Waals surface area (Å²) >= 11 is 0. The van der Waals surface area contributed by atoms with E-state index in [1.54, 1.807) is 32.0 Å². The third kappa shape index (κ3) is 7.50. The number of carboxylic acids is 1. The Balaban J connectivity index is 0.00000456. The SMILES string of the molecule is CC(C)C[C@H](NP(=O)(OC[C@H]1O[C@@H](n2ccc(N)nc2=O)[C@H](O)[C@@H]1O)Oc1ccccc1)C(=O)O.Cl. The Hall–Kier alpha value is -2.51. The summed E-state index contributed by atoms with van der Waals surface area (Å²) in [5.74, 6) is -1.17. The molecule has 1 fully saturated rings. The van der Waals surface area contributed by atoms with E-state index in [0.29, 0.717) is 0 Å². The van der Waals surface area contributed by atoms with Crippen molar-refractivity contribution in [2.75, 3.05) is 12.3 Å². The van der Waals surface area contributed by atoms with Gasteiger partial charge in [0.15, 0.2) is 6.23 Å². The number of carboxylic acid groups (broad SMARTS) is 1. The molecule has 2 aromatic rings. The molecule has 36 heavy (non-hydrogen) atoms. The molecular formula is C21H30ClN4O9P. The summed E-state index contributed by atoms with van der Waals surface area (Å²) in [5.41, 5.74) is 4.67. The Morgan fingerprint density at radius 1 is 1.25 bits per heavy atom. The van der Waals surface area contributed by atoms with Crippen molar-refractivity contribution in [2.24, 2.45) is 5.92 Å². The molecule has 0 radical (unpaired) electrons. The van der Waals surface area contributed by atoms with Crippen LogP contribution in [0.2, 0.25) is 0 Å². The van der Waals surface area contributed by atoms with Gasteiger partial charge >= 0.3 is 19.4 Å². The third-order valence-corrected chi connectivity index (χ3v) is 6.73. The van der Waals surface area contributed by atoms with Gasteiger partial charge in [-0.05, 0) is 30.5 Å². The van der Waals surface area contributed by atoms with Gasteiger partial charge < -0.3 is 30.3 Å². The van der Waals surface area contributed by atoms with Crippen LogP contribution in [0.4, 0.5) is 5.82 Å². The molecule has 15 heteroatoms. The number of aliphatic hydroxyl groups is 2. The number of nitrogens with zero attached hydrogens (tertiary/aromatic N) is 2. The predicted molar refractivity (Wildman–Crippen MR) is 131 cm³/mol. The predicted octanol–water partition coefficient (Wildman–Crippen LogP) is 1.16. The number of hydrogen-bond acceptors (Lipinski definition) is 10. The fraction of sp³-hybridized carbons (Fsp3) is 0.476. The van der Waals surface area contributed by atoms with Gasteiger partial charge in [-0.25, -0.2) is 9.36 Å². The highest BCUT2D eigenvalue weighted by Gasteiger charge is 2.46. The normalized spacial score (nSPS) is 24.0. The first-order valence-electron chi connectivity index (χ1n) is 10.8. The Kier molecular flexibility index (Phi) is 10.4. The Morgan fingerprint density at radius 2 is 1.92 bits per heavy atom. The van der Waals surface area contributed by atoms with Crippen LogP contribution in [0.25, 0.3) is 0 Å². The van der Waals surface area contributed by atoms with E-state index in [1.807, 2.05) is 0 Å². The minimum atomic E-state index is -4.31. The summed E-state index contributed by atoms with van der Waals surface area (Å²) in [7, 11) is -4.31. The molecule has 6 N–H and O–H groups in total. The first-order valence-corrected chi connectivity index (χ1v) is 12.4. The second-order valence-electron chi connectivity index (χ2n) is 8.44. The van der Waals surface area contributed by atoms with Gasteiger partial charge in [0.05, 0.1) is 6.61 Å². The maximum Gasteiger partial charge on any atom is 0.459 e. The number of halogens is 1. The van der Waals surface area contributed by atoms with Crippen LogP contribution in [0.15, 0.2) is 47.4 Å². The summed E-state index contributed by atoms with van der Waals surface area (Å²) in [6, 6.07) is 8.06. The summed E-state index contributed by atoms with van der Waals surface area (Å²) in [4.78, 5) is 27.4. The highest BCUT2D eigenvalue weighted by atomic mass is 35.5. The number of anilines is 1. The molecule has 200 valence electrons. The van der Waals surface area contributed by atoms with E-state index in [4.69, 9.17) is 19.5 Å². The number of nitrogen functional groups attached to an aromatic ring is 1. The molecule has 0 saturated carbocycles. The summed E-state index contributed by atoms with van der Waals surface area (Å²) < 4.78 is 31.1. The smallest absolute Gasteiger partial charge is 0.459 e. The fourth-order valence-electron chi connectivity index (χ4n) is 3.47. The van der Waals surface area contributed by atoms with Crippen molar-refractivity contribution < 1.29 is 38.5 Å². The second-order valence-corrected chi connectivity index (χ2v) is 10.1. The van der Waals surface area contributed by atoms with Gasteiger partial charge in [0.1, 0.15) is 35.9 Å². The largest absolute Gasteiger partial charge is 0.480 e. The van der Waals surface area contributed by atoms with Crippen LogP contribution < -0.4 is 21.0 Å². The van der Waals surface area contributed by atoms with Crippen LogP contribution >= 0.6 is 20.2 Å². The lowest BCUT2D eigenvalue weighted by Crippen LogP contribution is -2.39. The van der Waals surface area contributed by atoms with Crippen molar-refractivity contribution in [3.8, 4) is 5.75 Å². The molecule has 1 saturated heterocycles. The molecule has 6 atom stereocenters. The summed E-state index contributed by atoms with van der Waals surface area (Å²) in [5, 5.41) is 32.9. The molecule has 0 spiro atoms. The Labute approximate surface area is 213 Å². The van der Waals surface area contributed by atoms with Gasteiger partial charge in [0.25, 0.3) is 0 Å². The molecule has 0 aliphatic carbocycles. The number of aromatic nitrogens is 2. The minimum Gasteiger partial charge on any atom is -0.480 e. The van der Waals surface area contributed by atoms with Crippen molar-refractivity contribution in [1.29, 1.82) is 0 Å². The number of rotatable bonds is 11. The van der Waals surface area contributed by atoms with E-state index >= 15 is 0 Å². The van der Waals surface area contributed by atoms with Crippen LogP contribution in [-0.4, -0.2) is 61.8 Å². The average molecular weight is 549 g/mol. The standard InChI is InChI=1S/C21H29N4O9P.ClH/c1-12(2)10-14(20(28)29)24-35(31,34-13-6-4-3-5-7-13)32-11-15-17(26)18(27)19(33-15)25-9-8-16(22)23-21(25)30;/h3-9,12,14-15,17-19,26-27H,10-11H2,1-2H3,(H,24,31)(H,28,29)(H2,22,23,30);1H/t14-,15+,17+,18+,19+,35?;/m0./s1. The van der Waals surface area contributed by atoms with E-state index in [2.05, 4.69) is 10.1 Å². The summed E-state index contributed by atoms with van der Waals surface area (Å²) in [6.07, 6.45) is -4.22. The van der Waals surface area contributed by atoms with Crippen molar-refractivity contribution in [3.63, 3.8) is 0 Å². The van der Waals surface area contributed by atoms with E-state index in [1.165, 1.54) is 24.4 Å². The lowest BCUT2D eigenvalue weighted by Gasteiger charge is -2.25. The number of ether oxygens (including phenoxy) is 1. The van der Waals surface area contributed by atoms with Gasteiger partial charge in [-0.15, -0.1) is 12.4 Å². The molecule has 3 rings (SSSR count). The highest BCUT2D eigenvalue weighted by Crippen LogP contribution is 2.46. The number of nitrogens with one attached hydrogen (secondary N) is 1. The molecule has 0 bridgehead atoms. The zero-order valence-corrected chi connectivity index (χ0v) is 21.2. The molecule has 1 aromatic heterocycles. The lowest BCUT2D eigenvalue weighted by atomic mass is 10.1. The first-order chi connectivity index (χ1) is 16.5. The van der Waals surface area contributed by atoms with Crippen molar-refractivity contribution in [1.82, 2.24) is 14.6 Å². The van der Waals surface area contributed by atoms with E-state index in [9.17, 15) is 29.5 Å². The van der Waals surface area contributed by atoms with Crippen LogP contribution in [0.5, 0.6) is 5.75 Å². The maximum atomic E-state index is 13.6. The quantitative estimate of drug-likeness (QED) is 0.252. The van der Waals surface area contributed by atoms with E-state index in [-0.39, 0.29) is 36.3 Å².